The molecule has 3 saturated heterocycles. The summed E-state index contributed by atoms with van der Waals surface area (Å²) in [6.45, 7) is 11.2. The summed E-state index contributed by atoms with van der Waals surface area (Å²) in [5, 5.41) is 10.1. The van der Waals surface area contributed by atoms with Crippen molar-refractivity contribution >= 4 is 5.91 Å². The first kappa shape index (κ1) is 28.7. The number of carbonyl (C=O) groups is 1. The Labute approximate surface area is 205 Å². The van der Waals surface area contributed by atoms with Crippen LogP contribution in [0.25, 0.3) is 0 Å². The lowest BCUT2D eigenvalue weighted by atomic mass is 9.88. The van der Waals surface area contributed by atoms with Crippen LogP contribution in [-0.2, 0) is 23.7 Å². The Morgan fingerprint density at radius 3 is 2.62 bits per heavy atom. The molecule has 34 heavy (non-hydrogen) atoms. The summed E-state index contributed by atoms with van der Waals surface area (Å²) in [6.07, 6.45) is 14.1. The molecule has 8 unspecified atom stereocenters. The highest BCUT2D eigenvalue weighted by Gasteiger charge is 2.55. The van der Waals surface area contributed by atoms with E-state index in [0.717, 1.165) is 39.4 Å². The van der Waals surface area contributed by atoms with Crippen molar-refractivity contribution in [1.82, 2.24) is 5.32 Å². The first-order valence-electron chi connectivity index (χ1n) is 12.5. The normalized spacial score (nSPS) is 36.9. The minimum Gasteiger partial charge on any atom is -0.400 e. The van der Waals surface area contributed by atoms with Gasteiger partial charge in [0.1, 0.15) is 0 Å². The highest BCUT2D eigenvalue weighted by molar-refractivity contribution is 5.87. The van der Waals surface area contributed by atoms with Crippen LogP contribution in [0.3, 0.4) is 0 Å². The largest absolute Gasteiger partial charge is 0.400 e. The predicted molar refractivity (Wildman–Crippen MR) is 134 cm³/mol. The molecule has 3 rings (SSSR count). The van der Waals surface area contributed by atoms with Gasteiger partial charge in [0.15, 0.2) is 0 Å². The first-order valence-corrected chi connectivity index (χ1v) is 12.5. The molecule has 3 aliphatic rings. The zero-order valence-corrected chi connectivity index (χ0v) is 22.0. The third-order valence-electron chi connectivity index (χ3n) is 7.18. The van der Waals surface area contributed by atoms with Gasteiger partial charge in [0, 0.05) is 33.1 Å². The number of methoxy groups -OCH3 is 1. The van der Waals surface area contributed by atoms with Crippen LogP contribution in [0, 0.1) is 5.92 Å². The van der Waals surface area contributed by atoms with E-state index in [9.17, 15) is 4.79 Å². The van der Waals surface area contributed by atoms with Crippen molar-refractivity contribution in [3.63, 3.8) is 0 Å². The highest BCUT2D eigenvalue weighted by atomic mass is 16.6. The Bertz CT molecular complexity index is 735. The van der Waals surface area contributed by atoms with Gasteiger partial charge in [-0.25, -0.2) is 0 Å². The van der Waals surface area contributed by atoms with Gasteiger partial charge < -0.3 is 29.4 Å². The lowest BCUT2D eigenvalue weighted by Gasteiger charge is -2.39. The zero-order chi connectivity index (χ0) is 25.3. The van der Waals surface area contributed by atoms with Crippen molar-refractivity contribution in [1.29, 1.82) is 0 Å². The number of nitrogens with one attached hydrogen (secondary N) is 1. The molecule has 0 bridgehead atoms. The van der Waals surface area contributed by atoms with Gasteiger partial charge in [-0.3, -0.25) is 4.79 Å². The molecule has 3 aliphatic heterocycles. The number of epoxide rings is 1. The SMILES string of the molecule is CO.COC(C)/C=C\C(=O)NC1CC(C)C(C/C=C(C)/C=C/C2CC3(CCO2)OC3C)OC1C. The van der Waals surface area contributed by atoms with Gasteiger partial charge >= 0.3 is 0 Å². The fraction of sp³-hybridized carbons (Fsp3) is 0.741. The monoisotopic (exact) mass is 479 g/mol. The van der Waals surface area contributed by atoms with Crippen LogP contribution in [0.1, 0.15) is 60.3 Å². The molecule has 7 heteroatoms. The lowest BCUT2D eigenvalue weighted by Crippen LogP contribution is -2.50. The van der Waals surface area contributed by atoms with Gasteiger partial charge in [0.05, 0.1) is 48.8 Å². The molecule has 3 heterocycles. The van der Waals surface area contributed by atoms with Crippen molar-refractivity contribution in [3.05, 3.63) is 36.0 Å². The van der Waals surface area contributed by atoms with E-state index in [-0.39, 0.29) is 42.0 Å². The molecule has 1 amide bonds. The van der Waals surface area contributed by atoms with Crippen LogP contribution < -0.4 is 5.32 Å². The van der Waals surface area contributed by atoms with Crippen LogP contribution in [0.4, 0.5) is 0 Å². The smallest absolute Gasteiger partial charge is 0.244 e. The maximum Gasteiger partial charge on any atom is 0.244 e. The summed E-state index contributed by atoms with van der Waals surface area (Å²) in [7, 11) is 2.63. The van der Waals surface area contributed by atoms with Gasteiger partial charge in [0.2, 0.25) is 5.91 Å². The van der Waals surface area contributed by atoms with Crippen LogP contribution in [-0.4, -0.2) is 74.0 Å². The molecule has 2 N–H and O–H groups in total. The molecule has 0 radical (unpaired) electrons. The number of allylic oxidation sites excluding steroid dienone is 2. The van der Waals surface area contributed by atoms with Gasteiger partial charge in [-0.15, -0.1) is 0 Å². The second kappa shape index (κ2) is 13.5. The molecule has 1 spiro atoms. The summed E-state index contributed by atoms with van der Waals surface area (Å²) in [4.78, 5) is 12.2. The summed E-state index contributed by atoms with van der Waals surface area (Å²) < 4.78 is 23.1. The first-order chi connectivity index (χ1) is 16.2. The molecule has 7 nitrogen and oxygen atoms in total. The maximum atomic E-state index is 12.2. The third-order valence-corrected chi connectivity index (χ3v) is 7.18. The van der Waals surface area contributed by atoms with Crippen molar-refractivity contribution in [2.75, 3.05) is 20.8 Å². The van der Waals surface area contributed by atoms with Gasteiger partial charge in [0.25, 0.3) is 0 Å². The van der Waals surface area contributed by atoms with Crippen molar-refractivity contribution in [2.24, 2.45) is 5.92 Å². The number of carbonyl (C=O) groups excluding carboxylic acids is 1. The number of ether oxygens (including phenoxy) is 4. The Morgan fingerprint density at radius 2 is 1.97 bits per heavy atom. The van der Waals surface area contributed by atoms with E-state index in [2.05, 4.69) is 44.3 Å². The number of hydrogen-bond acceptors (Lipinski definition) is 6. The van der Waals surface area contributed by atoms with Crippen molar-refractivity contribution < 1.29 is 28.8 Å². The molecular formula is C27H45NO6. The van der Waals surface area contributed by atoms with E-state index in [1.807, 2.05) is 13.8 Å². The quantitative estimate of drug-likeness (QED) is 0.313. The predicted octanol–water partition coefficient (Wildman–Crippen LogP) is 3.71. The van der Waals surface area contributed by atoms with Crippen molar-refractivity contribution in [3.8, 4) is 0 Å². The average Bonchev–Trinajstić information content (AvgIpc) is 3.45. The van der Waals surface area contributed by atoms with Crippen LogP contribution >= 0.6 is 0 Å². The van der Waals surface area contributed by atoms with Crippen LogP contribution in [0.2, 0.25) is 0 Å². The molecule has 0 aromatic carbocycles. The standard InChI is InChI=1S/C26H41NO5.CH4O/c1-17(7-10-22-16-26(13-14-30-22)21(5)32-26)8-11-24-18(2)15-23(20(4)31-24)27-25(28)12-9-19(3)29-6;1-2/h7-10,12,18-24H,11,13-16H2,1-6H3,(H,27,28);2H,1H3/b10-7+,12-9-,17-8+;. The van der Waals surface area contributed by atoms with Gasteiger partial charge in [-0.2, -0.15) is 0 Å². The lowest BCUT2D eigenvalue weighted by molar-refractivity contribution is -0.123. The Morgan fingerprint density at radius 1 is 1.26 bits per heavy atom. The molecular weight excluding hydrogens is 434 g/mol. The molecule has 194 valence electrons. The van der Waals surface area contributed by atoms with Gasteiger partial charge in [-0.05, 0) is 46.5 Å². The van der Waals surface area contributed by atoms with E-state index in [1.165, 1.54) is 5.57 Å². The van der Waals surface area contributed by atoms with E-state index in [4.69, 9.17) is 24.1 Å². The molecule has 3 fully saturated rings. The number of aliphatic hydroxyl groups is 1. The molecule has 8 atom stereocenters. The topological polar surface area (TPSA) is 89.6 Å². The number of rotatable bonds is 8. The van der Waals surface area contributed by atoms with Crippen molar-refractivity contribution in [2.45, 2.75) is 102 Å². The Balaban J connectivity index is 0.00000199. The number of hydrogen-bond donors (Lipinski definition) is 2. The summed E-state index contributed by atoms with van der Waals surface area (Å²) in [6, 6.07) is 0.0176. The summed E-state index contributed by atoms with van der Waals surface area (Å²) in [5.41, 5.74) is 1.28. The van der Waals surface area contributed by atoms with E-state index >= 15 is 0 Å². The highest BCUT2D eigenvalue weighted by Crippen LogP contribution is 2.46. The Hall–Kier alpha value is -1.51. The second-order valence-corrected chi connectivity index (χ2v) is 9.74. The van der Waals surface area contributed by atoms with Gasteiger partial charge in [-0.1, -0.05) is 36.8 Å². The molecule has 0 saturated carbocycles. The molecule has 0 aromatic heterocycles. The molecule has 0 aromatic rings. The second-order valence-electron chi connectivity index (χ2n) is 9.74. The number of amides is 1. The van der Waals surface area contributed by atoms with Crippen LogP contribution in [0.5, 0.6) is 0 Å². The minimum atomic E-state index is -0.0985. The third kappa shape index (κ3) is 8.31. The molecule has 0 aliphatic carbocycles. The fourth-order valence-electron chi connectivity index (χ4n) is 4.68. The van der Waals surface area contributed by atoms with E-state index in [0.29, 0.717) is 12.0 Å². The summed E-state index contributed by atoms with van der Waals surface area (Å²) in [5.74, 6) is 0.264. The van der Waals surface area contributed by atoms with E-state index in [1.54, 1.807) is 19.3 Å². The fourth-order valence-corrected chi connectivity index (χ4v) is 4.68. The zero-order valence-electron chi connectivity index (χ0n) is 22.0. The van der Waals surface area contributed by atoms with Crippen LogP contribution in [0.15, 0.2) is 36.0 Å². The average molecular weight is 480 g/mol. The Kier molecular flexibility index (Phi) is 11.4. The summed E-state index contributed by atoms with van der Waals surface area (Å²) >= 11 is 0. The van der Waals surface area contributed by atoms with E-state index < -0.39 is 0 Å². The maximum absolute atomic E-state index is 12.2. The number of aliphatic hydroxyl groups excluding tert-OH is 1. The minimum absolute atomic E-state index is 0.0176.